The summed E-state index contributed by atoms with van der Waals surface area (Å²) in [6.45, 7) is 2.19. The number of para-hydroxylation sites is 1. The number of rotatable bonds is 7. The lowest BCUT2D eigenvalue weighted by atomic mass is 9.97. The Morgan fingerprint density at radius 2 is 1.71 bits per heavy atom. The Morgan fingerprint density at radius 3 is 2.50 bits per heavy atom. The van der Waals surface area contributed by atoms with Crippen LogP contribution in [0.3, 0.4) is 0 Å². The van der Waals surface area contributed by atoms with Crippen LogP contribution in [0.2, 0.25) is 0 Å². The maximum Gasteiger partial charge on any atom is 0.223 e. The van der Waals surface area contributed by atoms with Crippen molar-refractivity contribution in [2.75, 3.05) is 19.6 Å². The maximum atomic E-state index is 13.4. The van der Waals surface area contributed by atoms with Crippen molar-refractivity contribution in [3.63, 3.8) is 0 Å². The SMILES string of the molecule is O=C(c1c[nH]c2ccccc12)[C@@H](NCCC(=O)N1CCCC1)c1ccccc1. The first-order valence-electron chi connectivity index (χ1n) is 9.90. The number of amides is 1. The summed E-state index contributed by atoms with van der Waals surface area (Å²) in [7, 11) is 0. The quantitative estimate of drug-likeness (QED) is 0.619. The van der Waals surface area contributed by atoms with Gasteiger partial charge in [-0.3, -0.25) is 9.59 Å². The maximum absolute atomic E-state index is 13.4. The molecule has 5 nitrogen and oxygen atoms in total. The van der Waals surface area contributed by atoms with Crippen LogP contribution < -0.4 is 5.32 Å². The number of aromatic nitrogens is 1. The van der Waals surface area contributed by atoms with E-state index in [0.717, 1.165) is 42.4 Å². The highest BCUT2D eigenvalue weighted by molar-refractivity contribution is 6.10. The zero-order chi connectivity index (χ0) is 19.3. The van der Waals surface area contributed by atoms with Crippen molar-refractivity contribution < 1.29 is 9.59 Å². The molecule has 3 aromatic rings. The highest BCUT2D eigenvalue weighted by Crippen LogP contribution is 2.24. The van der Waals surface area contributed by atoms with E-state index in [4.69, 9.17) is 0 Å². The summed E-state index contributed by atoms with van der Waals surface area (Å²) in [6, 6.07) is 17.0. The average molecular weight is 375 g/mol. The van der Waals surface area contributed by atoms with Crippen LogP contribution in [0.15, 0.2) is 60.8 Å². The van der Waals surface area contributed by atoms with Gasteiger partial charge in [-0.1, -0.05) is 48.5 Å². The molecule has 0 unspecified atom stereocenters. The van der Waals surface area contributed by atoms with Gasteiger partial charge in [-0.2, -0.15) is 0 Å². The van der Waals surface area contributed by atoms with Crippen LogP contribution in [0.4, 0.5) is 0 Å². The van der Waals surface area contributed by atoms with Crippen LogP contribution in [0.1, 0.15) is 41.2 Å². The largest absolute Gasteiger partial charge is 0.360 e. The summed E-state index contributed by atoms with van der Waals surface area (Å²) in [6.07, 6.45) is 4.36. The number of benzene rings is 2. The van der Waals surface area contributed by atoms with E-state index in [1.54, 1.807) is 6.20 Å². The molecule has 0 spiro atoms. The minimum absolute atomic E-state index is 0.0114. The van der Waals surface area contributed by atoms with E-state index in [9.17, 15) is 9.59 Å². The minimum Gasteiger partial charge on any atom is -0.360 e. The number of ketones is 1. The van der Waals surface area contributed by atoms with Gasteiger partial charge in [0.1, 0.15) is 0 Å². The fourth-order valence-corrected chi connectivity index (χ4v) is 3.89. The second-order valence-electron chi connectivity index (χ2n) is 7.25. The number of carbonyl (C=O) groups excluding carboxylic acids is 2. The minimum atomic E-state index is -0.480. The van der Waals surface area contributed by atoms with Crippen molar-refractivity contribution in [2.45, 2.75) is 25.3 Å². The summed E-state index contributed by atoms with van der Waals surface area (Å²) in [5, 5.41) is 4.25. The van der Waals surface area contributed by atoms with Crippen LogP contribution in [-0.4, -0.2) is 41.2 Å². The van der Waals surface area contributed by atoms with Crippen molar-refractivity contribution >= 4 is 22.6 Å². The number of fused-ring (bicyclic) bond motifs is 1. The number of likely N-dealkylation sites (tertiary alicyclic amines) is 1. The summed E-state index contributed by atoms with van der Waals surface area (Å²) in [5.41, 5.74) is 2.52. The van der Waals surface area contributed by atoms with Crippen molar-refractivity contribution in [1.29, 1.82) is 0 Å². The lowest BCUT2D eigenvalue weighted by Gasteiger charge is -2.20. The first-order valence-corrected chi connectivity index (χ1v) is 9.90. The van der Waals surface area contributed by atoms with Gasteiger partial charge in [0.15, 0.2) is 5.78 Å². The van der Waals surface area contributed by atoms with Crippen LogP contribution in [-0.2, 0) is 4.79 Å². The monoisotopic (exact) mass is 375 g/mol. The molecular weight excluding hydrogens is 350 g/mol. The molecule has 4 rings (SSSR count). The smallest absolute Gasteiger partial charge is 0.223 e. The Kier molecular flexibility index (Phi) is 5.53. The fraction of sp³-hybridized carbons (Fsp3) is 0.304. The number of carbonyl (C=O) groups is 2. The molecule has 2 aromatic carbocycles. The lowest BCUT2D eigenvalue weighted by Crippen LogP contribution is -2.34. The van der Waals surface area contributed by atoms with Gasteiger partial charge in [0.05, 0.1) is 6.04 Å². The Hall–Kier alpha value is -2.92. The molecule has 2 N–H and O–H groups in total. The molecule has 0 aliphatic carbocycles. The number of hydrogen-bond donors (Lipinski definition) is 2. The van der Waals surface area contributed by atoms with Gasteiger partial charge in [-0.25, -0.2) is 0 Å². The molecule has 1 aliphatic rings. The Balaban J connectivity index is 1.52. The highest BCUT2D eigenvalue weighted by atomic mass is 16.2. The summed E-state index contributed by atoms with van der Waals surface area (Å²) in [5.74, 6) is 0.175. The molecule has 1 saturated heterocycles. The normalized spacial score (nSPS) is 15.1. The zero-order valence-electron chi connectivity index (χ0n) is 15.9. The van der Waals surface area contributed by atoms with Gasteiger partial charge in [0, 0.05) is 48.7 Å². The van der Waals surface area contributed by atoms with Crippen LogP contribution in [0, 0.1) is 0 Å². The number of H-pyrrole nitrogens is 1. The standard InChI is InChI=1S/C23H25N3O2/c27-21(26-14-6-7-15-26)12-13-24-22(17-8-2-1-3-9-17)23(28)19-16-25-20-11-5-4-10-18(19)20/h1-5,8-11,16,22,24-25H,6-7,12-15H2/t22-/m0/s1. The Bertz CT molecular complexity index is 958. The topological polar surface area (TPSA) is 65.2 Å². The molecule has 1 atom stereocenters. The molecule has 28 heavy (non-hydrogen) atoms. The van der Waals surface area contributed by atoms with E-state index >= 15 is 0 Å². The summed E-state index contributed by atoms with van der Waals surface area (Å²) < 4.78 is 0. The van der Waals surface area contributed by atoms with Crippen LogP contribution in [0.25, 0.3) is 10.9 Å². The number of aromatic amines is 1. The Morgan fingerprint density at radius 1 is 1.00 bits per heavy atom. The number of nitrogens with one attached hydrogen (secondary N) is 2. The van der Waals surface area contributed by atoms with Gasteiger partial charge in [0.2, 0.25) is 5.91 Å². The molecule has 0 saturated carbocycles. The first-order chi connectivity index (χ1) is 13.7. The van der Waals surface area contributed by atoms with Crippen LogP contribution in [0.5, 0.6) is 0 Å². The van der Waals surface area contributed by atoms with Gasteiger partial charge in [0.25, 0.3) is 0 Å². The van der Waals surface area contributed by atoms with Crippen molar-refractivity contribution in [1.82, 2.24) is 15.2 Å². The third kappa shape index (κ3) is 3.85. The molecule has 1 amide bonds. The van der Waals surface area contributed by atoms with Gasteiger partial charge >= 0.3 is 0 Å². The van der Waals surface area contributed by atoms with E-state index in [0.29, 0.717) is 18.5 Å². The van der Waals surface area contributed by atoms with Gasteiger partial charge in [-0.05, 0) is 24.5 Å². The van der Waals surface area contributed by atoms with E-state index in [2.05, 4.69) is 10.3 Å². The highest BCUT2D eigenvalue weighted by Gasteiger charge is 2.25. The van der Waals surface area contributed by atoms with Gasteiger partial charge < -0.3 is 15.2 Å². The third-order valence-corrected chi connectivity index (χ3v) is 5.40. The molecule has 1 aliphatic heterocycles. The van der Waals surface area contributed by atoms with Crippen molar-refractivity contribution in [2.24, 2.45) is 0 Å². The molecule has 1 aromatic heterocycles. The molecular formula is C23H25N3O2. The second-order valence-corrected chi connectivity index (χ2v) is 7.25. The zero-order valence-corrected chi connectivity index (χ0v) is 15.9. The number of Topliss-reactive ketones (excluding diaryl/α,β-unsaturated/α-hetero) is 1. The van der Waals surface area contributed by atoms with Crippen LogP contribution >= 0.6 is 0 Å². The Labute approximate surface area is 164 Å². The molecule has 2 heterocycles. The molecule has 144 valence electrons. The molecule has 0 bridgehead atoms. The van der Waals surface area contributed by atoms with E-state index < -0.39 is 6.04 Å². The van der Waals surface area contributed by atoms with E-state index in [1.165, 1.54) is 0 Å². The second kappa shape index (κ2) is 8.40. The fourth-order valence-electron chi connectivity index (χ4n) is 3.89. The lowest BCUT2D eigenvalue weighted by molar-refractivity contribution is -0.130. The first kappa shape index (κ1) is 18.4. The third-order valence-electron chi connectivity index (χ3n) is 5.40. The number of nitrogens with zero attached hydrogens (tertiary/aromatic N) is 1. The summed E-state index contributed by atoms with van der Waals surface area (Å²) in [4.78, 5) is 30.8. The summed E-state index contributed by atoms with van der Waals surface area (Å²) >= 11 is 0. The van der Waals surface area contributed by atoms with Crippen molar-refractivity contribution in [3.8, 4) is 0 Å². The van der Waals surface area contributed by atoms with Crippen molar-refractivity contribution in [3.05, 3.63) is 71.9 Å². The molecule has 5 heteroatoms. The van der Waals surface area contributed by atoms with E-state index in [-0.39, 0.29) is 11.7 Å². The predicted octanol–water partition coefficient (Wildman–Crippen LogP) is 3.69. The number of hydrogen-bond acceptors (Lipinski definition) is 3. The molecule has 1 fully saturated rings. The predicted molar refractivity (Wildman–Crippen MR) is 110 cm³/mol. The van der Waals surface area contributed by atoms with Gasteiger partial charge in [-0.15, -0.1) is 0 Å². The average Bonchev–Trinajstić information content (AvgIpc) is 3.41. The van der Waals surface area contributed by atoms with E-state index in [1.807, 2.05) is 59.5 Å². The molecule has 0 radical (unpaired) electrons.